The van der Waals surface area contributed by atoms with E-state index in [9.17, 15) is 19.8 Å². The second-order valence-corrected chi connectivity index (χ2v) is 20.7. The van der Waals surface area contributed by atoms with Gasteiger partial charge < -0.3 is 39.0 Å². The molecule has 3 fully saturated rings. The number of methoxy groups -OCH3 is 3. The van der Waals surface area contributed by atoms with Gasteiger partial charge in [0.05, 0.1) is 39.5 Å². The molecular weight excluding hydrogens is 887 g/mol. The molecule has 1 aliphatic carbocycles. The second kappa shape index (κ2) is 17.4. The van der Waals surface area contributed by atoms with Gasteiger partial charge in [-0.2, -0.15) is 8.42 Å². The first-order valence-corrected chi connectivity index (χ1v) is 24.4. The molecule has 18 nitrogen and oxygen atoms in total. The van der Waals surface area contributed by atoms with E-state index >= 15 is 4.79 Å². The van der Waals surface area contributed by atoms with Crippen molar-refractivity contribution in [1.29, 1.82) is 0 Å². The van der Waals surface area contributed by atoms with Crippen LogP contribution in [0.4, 0.5) is 5.69 Å². The number of rotatable bonds is 9. The minimum Gasteiger partial charge on any atom is -0.496 e. The van der Waals surface area contributed by atoms with Gasteiger partial charge in [-0.05, 0) is 88.3 Å². The van der Waals surface area contributed by atoms with Crippen molar-refractivity contribution in [2.24, 2.45) is 11.3 Å². The fourth-order valence-electron chi connectivity index (χ4n) is 13.8. The van der Waals surface area contributed by atoms with Crippen LogP contribution in [-0.4, -0.2) is 176 Å². The molecule has 2 bridgehead atoms. The van der Waals surface area contributed by atoms with Crippen LogP contribution in [0.25, 0.3) is 10.9 Å². The summed E-state index contributed by atoms with van der Waals surface area (Å²) in [4.78, 5) is 56.0. The fraction of sp³-hybridized carbons (Fsp3) is 0.604. The number of carbonyl (C=O) groups is 3. The first-order chi connectivity index (χ1) is 31.6. The lowest BCUT2D eigenvalue weighted by Crippen LogP contribution is -2.81. The van der Waals surface area contributed by atoms with E-state index in [-0.39, 0.29) is 18.5 Å². The molecule has 5 aliphatic heterocycles. The van der Waals surface area contributed by atoms with Crippen LogP contribution in [0.3, 0.4) is 0 Å². The highest BCUT2D eigenvalue weighted by Crippen LogP contribution is 2.68. The average Bonchev–Trinajstić information content (AvgIpc) is 3.94. The van der Waals surface area contributed by atoms with Crippen molar-refractivity contribution < 1.29 is 61.1 Å². The normalized spacial score (nSPS) is 34.0. The molecule has 2 saturated heterocycles. The first-order valence-electron chi connectivity index (χ1n) is 23.0. The molecule has 1 spiro atoms. The van der Waals surface area contributed by atoms with Crippen LogP contribution in [0.5, 0.6) is 5.75 Å². The number of carbonyl (C=O) groups excluding carboxylic acids is 3. The van der Waals surface area contributed by atoms with Crippen LogP contribution < -0.4 is 9.64 Å². The Morgan fingerprint density at radius 2 is 1.64 bits per heavy atom. The zero-order chi connectivity index (χ0) is 48.6. The zero-order valence-electron chi connectivity index (χ0n) is 39.6. The summed E-state index contributed by atoms with van der Waals surface area (Å²) in [5.74, 6) is -1.53. The van der Waals surface area contributed by atoms with E-state index in [1.807, 2.05) is 50.1 Å². The molecule has 19 heteroatoms. The Labute approximate surface area is 391 Å². The van der Waals surface area contributed by atoms with E-state index in [0.29, 0.717) is 82.6 Å². The SMILES string of the molecule is CC[C@]1(O)CC2CN(CCc3c([nH]c4ccccc34)[C@@](C(=O)OC)(c3cc4c(cc3OC)N(C)[C@H]3[C@@](O)(C(=O)OC)[C@H](OC(=O)CN(C)C)[C@]5(CC)C=CCN6CC[C@]43[C@@H]65)C2)C1.O=S(=O)(O)O. The van der Waals surface area contributed by atoms with Crippen molar-refractivity contribution >= 4 is 44.9 Å². The largest absolute Gasteiger partial charge is 0.496 e. The zero-order valence-corrected chi connectivity index (χ0v) is 40.4. The Morgan fingerprint density at radius 1 is 0.940 bits per heavy atom. The van der Waals surface area contributed by atoms with Gasteiger partial charge in [0.25, 0.3) is 0 Å². The molecular formula is C48H65N5O13S. The van der Waals surface area contributed by atoms with Crippen molar-refractivity contribution in [3.8, 4) is 5.75 Å². The van der Waals surface area contributed by atoms with E-state index in [2.05, 4.69) is 39.1 Å². The van der Waals surface area contributed by atoms with Crippen LogP contribution in [0, 0.1) is 11.3 Å². The summed E-state index contributed by atoms with van der Waals surface area (Å²) in [5, 5.41) is 26.6. The van der Waals surface area contributed by atoms with Gasteiger partial charge in [-0.15, -0.1) is 0 Å². The Morgan fingerprint density at radius 3 is 2.28 bits per heavy atom. The van der Waals surface area contributed by atoms with E-state index in [1.165, 1.54) is 14.2 Å². The predicted octanol–water partition coefficient (Wildman–Crippen LogP) is 2.88. The highest BCUT2D eigenvalue weighted by Gasteiger charge is 2.80. The van der Waals surface area contributed by atoms with E-state index in [1.54, 1.807) is 26.1 Å². The van der Waals surface area contributed by atoms with Gasteiger partial charge in [0.2, 0.25) is 5.60 Å². The number of hydrogen-bond donors (Lipinski definition) is 5. The summed E-state index contributed by atoms with van der Waals surface area (Å²) in [6.45, 7) is 7.26. The minimum atomic E-state index is -4.67. The summed E-state index contributed by atoms with van der Waals surface area (Å²) in [7, 11) is 5.05. The van der Waals surface area contributed by atoms with Crippen LogP contribution >= 0.6 is 0 Å². The fourth-order valence-corrected chi connectivity index (χ4v) is 13.8. The van der Waals surface area contributed by atoms with Crippen molar-refractivity contribution in [2.75, 3.05) is 86.6 Å². The Bertz CT molecular complexity index is 2580. The van der Waals surface area contributed by atoms with Crippen LogP contribution in [0.15, 0.2) is 48.6 Å². The third-order valence-electron chi connectivity index (χ3n) is 16.0. The standard InChI is InChI=1S/C48H63N5O9.H2O4S/c1-9-44(57)24-29-25-47(42(55)60-7,38-31(16-20-52(26-29)28-44)30-14-11-12-15-34(30)49-38)33-22-32-35(23-36(33)59-6)51(5)40-46(32)18-21-53-19-13-17-45(10-2,39(46)53)41(48(40,58)43(56)61-8)62-37(54)27-50(3)4;1-5(2,3)4/h11-15,17,22-23,29,39-41,49,57-58H,9-10,16,18-21,24-28H2,1-8H3;(H2,1,2,3,4)/t29?,39-,40+,41+,44-,45+,46+,47-,48-;/m0./s1. The number of aromatic nitrogens is 1. The predicted molar refractivity (Wildman–Crippen MR) is 247 cm³/mol. The maximum atomic E-state index is 15.4. The van der Waals surface area contributed by atoms with Crippen molar-refractivity contribution in [1.82, 2.24) is 19.7 Å². The van der Waals surface area contributed by atoms with Crippen LogP contribution in [-0.2, 0) is 56.2 Å². The van der Waals surface area contributed by atoms with Crippen molar-refractivity contribution in [2.45, 2.75) is 92.6 Å². The molecule has 1 aromatic heterocycles. The summed E-state index contributed by atoms with van der Waals surface area (Å²) in [5.41, 5.74) is -1.74. The molecule has 0 amide bonds. The average molecular weight is 952 g/mol. The van der Waals surface area contributed by atoms with Gasteiger partial charge in [0.1, 0.15) is 11.2 Å². The number of H-pyrrole nitrogens is 1. The number of fused-ring (bicyclic) bond motifs is 6. The third-order valence-corrected chi connectivity index (χ3v) is 16.0. The number of likely N-dealkylation sites (N-methyl/N-ethyl adjacent to an activating group) is 2. The van der Waals surface area contributed by atoms with E-state index in [0.717, 1.165) is 33.4 Å². The highest BCUT2D eigenvalue weighted by atomic mass is 32.3. The molecule has 3 aromatic rings. The molecule has 1 saturated carbocycles. The molecule has 9 rings (SSSR count). The number of hydrogen-bond acceptors (Lipinski definition) is 15. The summed E-state index contributed by atoms with van der Waals surface area (Å²) in [6.07, 6.45) is 5.90. The number of anilines is 1. The summed E-state index contributed by atoms with van der Waals surface area (Å²) in [6, 6.07) is 10.9. The summed E-state index contributed by atoms with van der Waals surface area (Å²) < 4.78 is 55.9. The van der Waals surface area contributed by atoms with Gasteiger partial charge in [-0.25, -0.2) is 4.79 Å². The molecule has 10 atom stereocenters. The van der Waals surface area contributed by atoms with Gasteiger partial charge in [0.15, 0.2) is 6.10 Å². The lowest BCUT2D eigenvalue weighted by molar-refractivity contribution is -0.229. The lowest BCUT2D eigenvalue weighted by Gasteiger charge is -2.63. The molecule has 0 radical (unpaired) electrons. The highest BCUT2D eigenvalue weighted by molar-refractivity contribution is 7.79. The molecule has 2 unspecified atom stereocenters. The first kappa shape index (κ1) is 48.8. The molecule has 67 heavy (non-hydrogen) atoms. The van der Waals surface area contributed by atoms with Crippen LogP contribution in [0.2, 0.25) is 0 Å². The third kappa shape index (κ3) is 7.55. The number of benzene rings is 2. The quantitative estimate of drug-likeness (QED) is 0.0899. The number of nitrogens with one attached hydrogen (secondary N) is 1. The van der Waals surface area contributed by atoms with Crippen LogP contribution in [0.1, 0.15) is 68.3 Å². The van der Waals surface area contributed by atoms with E-state index < -0.39 is 67.9 Å². The lowest BCUT2D eigenvalue weighted by atomic mass is 9.47. The van der Waals surface area contributed by atoms with Crippen molar-refractivity contribution in [3.63, 3.8) is 0 Å². The molecule has 5 N–H and O–H groups in total. The number of para-hydroxylation sites is 1. The maximum Gasteiger partial charge on any atom is 0.394 e. The smallest absolute Gasteiger partial charge is 0.394 e. The number of aromatic amines is 1. The second-order valence-electron chi connectivity index (χ2n) is 19.8. The van der Waals surface area contributed by atoms with Gasteiger partial charge >= 0.3 is 28.3 Å². The maximum absolute atomic E-state index is 15.4. The molecule has 6 aliphatic rings. The summed E-state index contributed by atoms with van der Waals surface area (Å²) >= 11 is 0. The number of piperidine rings is 1. The van der Waals surface area contributed by atoms with Gasteiger partial charge in [-0.1, -0.05) is 44.2 Å². The Hall–Kier alpha value is -4.60. The Kier molecular flexibility index (Phi) is 12.7. The molecule has 366 valence electrons. The number of aliphatic hydroxyl groups is 2. The van der Waals surface area contributed by atoms with Gasteiger partial charge in [-0.3, -0.25) is 33.4 Å². The Balaban J connectivity index is 0.00000116. The molecule has 2 aromatic carbocycles. The number of nitrogens with zero attached hydrogens (tertiary/aromatic N) is 4. The number of esters is 3. The minimum absolute atomic E-state index is 0.0438. The monoisotopic (exact) mass is 951 g/mol. The topological polar surface area (TPSA) is 232 Å². The van der Waals surface area contributed by atoms with Crippen molar-refractivity contribution in [3.05, 3.63) is 70.9 Å². The van der Waals surface area contributed by atoms with E-state index in [4.69, 9.17) is 36.5 Å². The number of ether oxygens (including phenoxy) is 4. The van der Waals surface area contributed by atoms with Gasteiger partial charge in [0, 0.05) is 84.0 Å². The molecule has 6 heterocycles.